The zero-order valence-electron chi connectivity index (χ0n) is 13.4. The average Bonchev–Trinajstić information content (AvgIpc) is 2.76. The van der Waals surface area contributed by atoms with Gasteiger partial charge in [-0.05, 0) is 35.5 Å². The number of rotatable bonds is 3. The standard InChI is InChI=1S/C19H23F2N/c1-4-19(22-12-8-7-11-16(22)17(20)21)13-18(2,3)14-9-5-6-10-15(14)19/h5-12,16-17H,4,13H2,1-3H3/t16?,19-/m0/s1. The third-order valence-electron chi connectivity index (χ3n) is 5.22. The molecule has 0 amide bonds. The SMILES string of the molecule is CC[C@]1(N2C=CC=CC2C(F)F)CC(C)(C)c2ccccc21. The summed E-state index contributed by atoms with van der Waals surface area (Å²) in [6.45, 7) is 6.53. The second kappa shape index (κ2) is 5.22. The molecule has 0 N–H and O–H groups in total. The first kappa shape index (κ1) is 15.3. The molecule has 0 aromatic heterocycles. The second-order valence-electron chi connectivity index (χ2n) is 6.95. The lowest BCUT2D eigenvalue weighted by Gasteiger charge is -2.46. The highest BCUT2D eigenvalue weighted by molar-refractivity contribution is 5.46. The van der Waals surface area contributed by atoms with Gasteiger partial charge in [0.2, 0.25) is 0 Å². The fourth-order valence-electron chi connectivity index (χ4n) is 4.27. The van der Waals surface area contributed by atoms with Crippen molar-refractivity contribution in [2.24, 2.45) is 0 Å². The molecule has 0 bridgehead atoms. The number of alkyl halides is 2. The molecule has 1 unspecified atom stereocenters. The van der Waals surface area contributed by atoms with Crippen molar-refractivity contribution in [1.82, 2.24) is 4.90 Å². The quantitative estimate of drug-likeness (QED) is 0.760. The predicted molar refractivity (Wildman–Crippen MR) is 86.0 cm³/mol. The Morgan fingerprint density at radius 2 is 1.86 bits per heavy atom. The van der Waals surface area contributed by atoms with Gasteiger partial charge in [-0.1, -0.05) is 57.2 Å². The van der Waals surface area contributed by atoms with Crippen LogP contribution in [0.4, 0.5) is 8.78 Å². The first-order valence-electron chi connectivity index (χ1n) is 7.94. The lowest BCUT2D eigenvalue weighted by atomic mass is 9.81. The molecule has 1 aliphatic carbocycles. The van der Waals surface area contributed by atoms with Crippen LogP contribution in [0, 0.1) is 0 Å². The van der Waals surface area contributed by atoms with Gasteiger partial charge in [-0.2, -0.15) is 0 Å². The van der Waals surface area contributed by atoms with E-state index < -0.39 is 12.5 Å². The van der Waals surface area contributed by atoms with E-state index in [0.29, 0.717) is 0 Å². The molecule has 1 aliphatic heterocycles. The van der Waals surface area contributed by atoms with Crippen molar-refractivity contribution in [2.45, 2.75) is 57.0 Å². The van der Waals surface area contributed by atoms with Crippen LogP contribution in [-0.4, -0.2) is 17.4 Å². The molecule has 1 aromatic carbocycles. The molecular formula is C19H23F2N. The van der Waals surface area contributed by atoms with Gasteiger partial charge in [-0.3, -0.25) is 0 Å². The van der Waals surface area contributed by atoms with Crippen LogP contribution >= 0.6 is 0 Å². The molecule has 0 fully saturated rings. The molecule has 3 rings (SSSR count). The van der Waals surface area contributed by atoms with Crippen molar-refractivity contribution in [3.05, 3.63) is 59.8 Å². The van der Waals surface area contributed by atoms with E-state index in [-0.39, 0.29) is 11.0 Å². The maximum atomic E-state index is 13.6. The normalized spacial score (nSPS) is 29.2. The van der Waals surface area contributed by atoms with E-state index in [4.69, 9.17) is 0 Å². The van der Waals surface area contributed by atoms with E-state index in [2.05, 4.69) is 32.9 Å². The third kappa shape index (κ3) is 2.10. The van der Waals surface area contributed by atoms with Gasteiger partial charge in [0.15, 0.2) is 0 Å². The molecule has 2 atom stereocenters. The fourth-order valence-corrected chi connectivity index (χ4v) is 4.27. The summed E-state index contributed by atoms with van der Waals surface area (Å²) in [5, 5.41) is 0. The number of nitrogens with zero attached hydrogens (tertiary/aromatic N) is 1. The molecular weight excluding hydrogens is 280 g/mol. The van der Waals surface area contributed by atoms with Gasteiger partial charge in [0.25, 0.3) is 6.43 Å². The minimum Gasteiger partial charge on any atom is -0.356 e. The number of hydrogen-bond acceptors (Lipinski definition) is 1. The van der Waals surface area contributed by atoms with Crippen molar-refractivity contribution in [3.8, 4) is 0 Å². The van der Waals surface area contributed by atoms with Crippen molar-refractivity contribution < 1.29 is 8.78 Å². The summed E-state index contributed by atoms with van der Waals surface area (Å²) < 4.78 is 27.1. The van der Waals surface area contributed by atoms with Gasteiger partial charge in [0, 0.05) is 6.20 Å². The zero-order chi connectivity index (χ0) is 16.0. The molecule has 1 aromatic rings. The number of fused-ring (bicyclic) bond motifs is 1. The number of halogens is 2. The Balaban J connectivity index is 2.15. The summed E-state index contributed by atoms with van der Waals surface area (Å²) in [5.41, 5.74) is 2.12. The van der Waals surface area contributed by atoms with Gasteiger partial charge in [-0.25, -0.2) is 8.78 Å². The molecule has 1 nitrogen and oxygen atoms in total. The van der Waals surface area contributed by atoms with Crippen LogP contribution in [0.1, 0.15) is 44.7 Å². The number of allylic oxidation sites excluding steroid dienone is 2. The van der Waals surface area contributed by atoms with Crippen LogP contribution in [-0.2, 0) is 11.0 Å². The highest BCUT2D eigenvalue weighted by atomic mass is 19.3. The van der Waals surface area contributed by atoms with Crippen LogP contribution in [0.3, 0.4) is 0 Å². The molecule has 118 valence electrons. The molecule has 1 heterocycles. The zero-order valence-corrected chi connectivity index (χ0v) is 13.4. The largest absolute Gasteiger partial charge is 0.356 e. The summed E-state index contributed by atoms with van der Waals surface area (Å²) in [6, 6.07) is 7.47. The fraction of sp³-hybridized carbons (Fsp3) is 0.474. The summed E-state index contributed by atoms with van der Waals surface area (Å²) in [6.07, 6.45) is 6.34. The Bertz CT molecular complexity index is 618. The molecule has 2 aliphatic rings. The molecule has 22 heavy (non-hydrogen) atoms. The second-order valence-corrected chi connectivity index (χ2v) is 6.95. The summed E-state index contributed by atoms with van der Waals surface area (Å²) in [4.78, 5) is 1.89. The van der Waals surface area contributed by atoms with Gasteiger partial charge in [-0.15, -0.1) is 0 Å². The van der Waals surface area contributed by atoms with Gasteiger partial charge in [0.05, 0.1) is 5.54 Å². The first-order chi connectivity index (χ1) is 10.4. The highest BCUT2D eigenvalue weighted by Gasteiger charge is 2.51. The molecule has 0 radical (unpaired) electrons. The summed E-state index contributed by atoms with van der Waals surface area (Å²) in [5.74, 6) is 0. The van der Waals surface area contributed by atoms with Crippen LogP contribution in [0.2, 0.25) is 0 Å². The molecule has 0 spiro atoms. The summed E-state index contributed by atoms with van der Waals surface area (Å²) in [7, 11) is 0. The van der Waals surface area contributed by atoms with Crippen molar-refractivity contribution in [3.63, 3.8) is 0 Å². The lowest BCUT2D eigenvalue weighted by Crippen LogP contribution is -2.50. The lowest BCUT2D eigenvalue weighted by molar-refractivity contribution is 0.00470. The smallest absolute Gasteiger partial charge is 0.262 e. The van der Waals surface area contributed by atoms with Crippen LogP contribution in [0.15, 0.2) is 48.7 Å². The molecule has 0 saturated carbocycles. The Morgan fingerprint density at radius 1 is 1.18 bits per heavy atom. The van der Waals surface area contributed by atoms with Gasteiger partial charge in [0.1, 0.15) is 6.04 Å². The van der Waals surface area contributed by atoms with Gasteiger partial charge < -0.3 is 4.90 Å². The maximum absolute atomic E-state index is 13.6. The monoisotopic (exact) mass is 303 g/mol. The Hall–Kier alpha value is -1.64. The van der Waals surface area contributed by atoms with Gasteiger partial charge >= 0.3 is 0 Å². The van der Waals surface area contributed by atoms with Crippen molar-refractivity contribution >= 4 is 0 Å². The maximum Gasteiger partial charge on any atom is 0.262 e. The van der Waals surface area contributed by atoms with E-state index in [9.17, 15) is 8.78 Å². The summed E-state index contributed by atoms with van der Waals surface area (Å²) >= 11 is 0. The Kier molecular flexibility index (Phi) is 3.62. The molecule has 3 heteroatoms. The highest BCUT2D eigenvalue weighted by Crippen LogP contribution is 2.54. The van der Waals surface area contributed by atoms with E-state index in [0.717, 1.165) is 12.8 Å². The first-order valence-corrected chi connectivity index (χ1v) is 7.94. The van der Waals surface area contributed by atoms with E-state index in [1.165, 1.54) is 11.1 Å². The predicted octanol–water partition coefficient (Wildman–Crippen LogP) is 4.99. The topological polar surface area (TPSA) is 3.24 Å². The van der Waals surface area contributed by atoms with E-state index in [1.54, 1.807) is 12.2 Å². The average molecular weight is 303 g/mol. The van der Waals surface area contributed by atoms with E-state index >= 15 is 0 Å². The minimum atomic E-state index is -2.39. The van der Waals surface area contributed by atoms with Crippen LogP contribution < -0.4 is 0 Å². The third-order valence-corrected chi connectivity index (χ3v) is 5.22. The van der Waals surface area contributed by atoms with Crippen molar-refractivity contribution in [1.29, 1.82) is 0 Å². The van der Waals surface area contributed by atoms with Crippen LogP contribution in [0.25, 0.3) is 0 Å². The Morgan fingerprint density at radius 3 is 2.50 bits per heavy atom. The van der Waals surface area contributed by atoms with Crippen molar-refractivity contribution in [2.75, 3.05) is 0 Å². The number of hydrogen-bond donors (Lipinski definition) is 0. The van der Waals surface area contributed by atoms with E-state index in [1.807, 2.05) is 29.3 Å². The minimum absolute atomic E-state index is 0.00568. The number of benzene rings is 1. The van der Waals surface area contributed by atoms with Crippen LogP contribution in [0.5, 0.6) is 0 Å². The molecule has 0 saturated heterocycles. The Labute approximate surface area is 131 Å².